The molecule has 0 amide bonds. The molecule has 2 aliphatic carbocycles. The van der Waals surface area contributed by atoms with E-state index >= 15 is 0 Å². The Labute approximate surface area is 262 Å². The summed E-state index contributed by atoms with van der Waals surface area (Å²) in [6, 6.07) is 14.4. The molecular weight excluding hydrogens is 552 g/mol. The lowest BCUT2D eigenvalue weighted by atomic mass is 9.90. The number of ether oxygens (including phenoxy) is 4. The molecule has 2 aliphatic rings. The van der Waals surface area contributed by atoms with E-state index in [1.807, 2.05) is 38.1 Å². The van der Waals surface area contributed by atoms with Gasteiger partial charge < -0.3 is 18.9 Å². The zero-order valence-electron chi connectivity index (χ0n) is 26.9. The summed E-state index contributed by atoms with van der Waals surface area (Å²) in [5.74, 6) is 2.02. The van der Waals surface area contributed by atoms with Crippen LogP contribution in [0.5, 0.6) is 11.5 Å². The third-order valence-electron chi connectivity index (χ3n) is 9.35. The summed E-state index contributed by atoms with van der Waals surface area (Å²) in [4.78, 5) is 25.5. The molecule has 6 nitrogen and oxygen atoms in total. The van der Waals surface area contributed by atoms with E-state index in [-0.39, 0.29) is 37.0 Å². The maximum absolute atomic E-state index is 12.8. The molecule has 2 atom stereocenters. The number of esters is 2. The van der Waals surface area contributed by atoms with Crippen LogP contribution in [-0.2, 0) is 25.5 Å². The Morgan fingerprint density at radius 2 is 1.11 bits per heavy atom. The fourth-order valence-electron chi connectivity index (χ4n) is 6.82. The van der Waals surface area contributed by atoms with Gasteiger partial charge in [-0.2, -0.15) is 0 Å². The monoisotopic (exact) mass is 602 g/mol. The van der Waals surface area contributed by atoms with Crippen molar-refractivity contribution in [2.24, 2.45) is 11.8 Å². The second kappa shape index (κ2) is 15.6. The van der Waals surface area contributed by atoms with Crippen LogP contribution in [0.25, 0.3) is 21.5 Å². The van der Waals surface area contributed by atoms with Gasteiger partial charge in [0.25, 0.3) is 0 Å². The number of carbonyl (C=O) groups excluding carboxylic acids is 2. The molecule has 0 N–H and O–H groups in total. The van der Waals surface area contributed by atoms with Crippen LogP contribution >= 0.6 is 0 Å². The lowest BCUT2D eigenvalue weighted by Gasteiger charge is -2.24. The molecule has 2 saturated carbocycles. The molecule has 0 aromatic heterocycles. The van der Waals surface area contributed by atoms with Crippen LogP contribution in [0.1, 0.15) is 103 Å². The maximum atomic E-state index is 12.8. The minimum absolute atomic E-state index is 0.188. The van der Waals surface area contributed by atoms with Crippen molar-refractivity contribution >= 4 is 33.5 Å². The van der Waals surface area contributed by atoms with E-state index in [1.54, 1.807) is 0 Å². The van der Waals surface area contributed by atoms with Gasteiger partial charge in [0.15, 0.2) is 0 Å². The molecule has 238 valence electrons. The summed E-state index contributed by atoms with van der Waals surface area (Å²) < 4.78 is 24.5. The van der Waals surface area contributed by atoms with E-state index in [4.69, 9.17) is 18.9 Å². The van der Waals surface area contributed by atoms with E-state index in [1.165, 1.54) is 44.1 Å². The first-order valence-corrected chi connectivity index (χ1v) is 17.0. The number of carbonyl (C=O) groups is 2. The largest absolute Gasteiger partial charge is 0.489 e. The molecule has 0 radical (unpaired) electrons. The van der Waals surface area contributed by atoms with E-state index < -0.39 is 0 Å². The number of hydrogen-bond acceptors (Lipinski definition) is 6. The van der Waals surface area contributed by atoms with E-state index in [9.17, 15) is 9.59 Å². The normalized spacial score (nSPS) is 17.7. The van der Waals surface area contributed by atoms with Crippen LogP contribution in [0.2, 0.25) is 0 Å². The minimum atomic E-state index is -0.365. The smallest absolute Gasteiger partial charge is 0.309 e. The van der Waals surface area contributed by atoms with Crippen LogP contribution in [0.3, 0.4) is 0 Å². The zero-order valence-corrected chi connectivity index (χ0v) is 26.9. The van der Waals surface area contributed by atoms with Crippen molar-refractivity contribution in [3.8, 4) is 11.5 Å². The first-order chi connectivity index (χ1) is 21.4. The molecule has 2 fully saturated rings. The average Bonchev–Trinajstić information content (AvgIpc) is 3.05. The molecule has 5 rings (SSSR count). The van der Waals surface area contributed by atoms with E-state index in [0.717, 1.165) is 65.1 Å². The van der Waals surface area contributed by atoms with Crippen LogP contribution in [-0.4, -0.2) is 37.4 Å². The molecule has 6 heteroatoms. The second-order valence-corrected chi connectivity index (χ2v) is 13.1. The molecule has 44 heavy (non-hydrogen) atoms. The summed E-state index contributed by atoms with van der Waals surface area (Å²) in [7, 11) is 0. The van der Waals surface area contributed by atoms with Gasteiger partial charge in [-0.3, -0.25) is 9.59 Å². The van der Waals surface area contributed by atoms with Crippen molar-refractivity contribution in [3.05, 3.63) is 48.0 Å². The van der Waals surface area contributed by atoms with Crippen molar-refractivity contribution in [3.63, 3.8) is 0 Å². The predicted octanol–water partition coefficient (Wildman–Crippen LogP) is 9.12. The highest BCUT2D eigenvalue weighted by Crippen LogP contribution is 2.44. The molecule has 0 saturated heterocycles. The Morgan fingerprint density at radius 3 is 1.59 bits per heavy atom. The first kappa shape index (κ1) is 32.1. The highest BCUT2D eigenvalue weighted by atomic mass is 16.5. The van der Waals surface area contributed by atoms with Gasteiger partial charge in [0.05, 0.1) is 26.1 Å². The number of aryl methyl sites for hydroxylation is 1. The molecular formula is C38H50O6. The second-order valence-electron chi connectivity index (χ2n) is 13.1. The topological polar surface area (TPSA) is 71.1 Å². The summed E-state index contributed by atoms with van der Waals surface area (Å²) in [5, 5.41) is 3.68. The van der Waals surface area contributed by atoms with Gasteiger partial charge in [-0.05, 0) is 69.4 Å². The van der Waals surface area contributed by atoms with Gasteiger partial charge in [0, 0.05) is 21.5 Å². The Kier molecular flexibility index (Phi) is 11.4. The van der Waals surface area contributed by atoms with Crippen LogP contribution in [0.4, 0.5) is 0 Å². The molecule has 3 aromatic carbocycles. The number of rotatable bonds is 13. The van der Waals surface area contributed by atoms with Crippen LogP contribution in [0, 0.1) is 11.8 Å². The lowest BCUT2D eigenvalue weighted by Crippen LogP contribution is -2.23. The summed E-state index contributed by atoms with van der Waals surface area (Å²) in [5.41, 5.74) is 1.18. The summed E-state index contributed by atoms with van der Waals surface area (Å²) in [6.07, 6.45) is 12.6. The van der Waals surface area contributed by atoms with Gasteiger partial charge in [0.2, 0.25) is 0 Å². The molecule has 0 spiro atoms. The Balaban J connectivity index is 1.33. The third-order valence-corrected chi connectivity index (χ3v) is 9.35. The van der Waals surface area contributed by atoms with Gasteiger partial charge in [-0.25, -0.2) is 0 Å². The fraction of sp³-hybridized carbons (Fsp3) is 0.579. The average molecular weight is 603 g/mol. The highest BCUT2D eigenvalue weighted by molar-refractivity contribution is 6.11. The molecule has 0 aliphatic heterocycles. The Morgan fingerprint density at radius 1 is 0.659 bits per heavy atom. The van der Waals surface area contributed by atoms with Crippen molar-refractivity contribution in [1.82, 2.24) is 0 Å². The van der Waals surface area contributed by atoms with E-state index in [0.29, 0.717) is 25.0 Å². The SMILES string of the molecule is CCc1ccc2c(OC(C)CC(=O)OCC3CCCCC3)c3ccccc3c(OC(C)CC(=O)OCC3CCCCC3)c2c1. The highest BCUT2D eigenvalue weighted by Gasteiger charge is 2.23. The van der Waals surface area contributed by atoms with Gasteiger partial charge in [-0.1, -0.05) is 81.8 Å². The molecule has 3 aromatic rings. The van der Waals surface area contributed by atoms with Gasteiger partial charge in [-0.15, -0.1) is 0 Å². The minimum Gasteiger partial charge on any atom is -0.489 e. The van der Waals surface area contributed by atoms with Crippen molar-refractivity contribution < 1.29 is 28.5 Å². The number of hydrogen-bond donors (Lipinski definition) is 0. The van der Waals surface area contributed by atoms with E-state index in [2.05, 4.69) is 25.1 Å². The molecule has 2 unspecified atom stereocenters. The quantitative estimate of drug-likeness (QED) is 0.144. The van der Waals surface area contributed by atoms with Crippen molar-refractivity contribution in [2.75, 3.05) is 13.2 Å². The standard InChI is InChI=1S/C38H50O6/c1-4-28-19-20-33-34(23-28)38(44-27(3)22-36(40)42-25-30-15-9-6-10-16-30)32-18-12-11-17-31(32)37(33)43-26(2)21-35(39)41-24-29-13-7-5-8-14-29/h11-12,17-20,23,26-27,29-30H,4-10,13-16,21-22,24-25H2,1-3H3. The Hall–Kier alpha value is -3.28. The zero-order chi connectivity index (χ0) is 30.9. The first-order valence-electron chi connectivity index (χ1n) is 17.0. The Bertz CT molecular complexity index is 1400. The van der Waals surface area contributed by atoms with Crippen LogP contribution < -0.4 is 9.47 Å². The maximum Gasteiger partial charge on any atom is 0.309 e. The van der Waals surface area contributed by atoms with Crippen molar-refractivity contribution in [1.29, 1.82) is 0 Å². The van der Waals surface area contributed by atoms with Gasteiger partial charge in [0.1, 0.15) is 23.7 Å². The molecule has 0 bridgehead atoms. The van der Waals surface area contributed by atoms with Gasteiger partial charge >= 0.3 is 11.9 Å². The predicted molar refractivity (Wildman–Crippen MR) is 175 cm³/mol. The third kappa shape index (κ3) is 8.46. The van der Waals surface area contributed by atoms with Crippen molar-refractivity contribution in [2.45, 2.75) is 116 Å². The molecule has 0 heterocycles. The van der Waals surface area contributed by atoms with Crippen LogP contribution in [0.15, 0.2) is 42.5 Å². The number of fused-ring (bicyclic) bond motifs is 2. The number of benzene rings is 3. The summed E-state index contributed by atoms with van der Waals surface area (Å²) >= 11 is 0. The summed E-state index contributed by atoms with van der Waals surface area (Å²) in [6.45, 7) is 7.00. The fourth-order valence-corrected chi connectivity index (χ4v) is 6.82. The lowest BCUT2D eigenvalue weighted by molar-refractivity contribution is -0.148.